The third-order valence-electron chi connectivity index (χ3n) is 6.49. The topological polar surface area (TPSA) is 101 Å². The molecule has 3 N–H and O–H groups in total. The number of hydrogen-bond acceptors (Lipinski definition) is 4. The third-order valence-corrected chi connectivity index (χ3v) is 6.49. The van der Waals surface area contributed by atoms with Crippen LogP contribution in [0.15, 0.2) is 101 Å². The quantitative estimate of drug-likeness (QED) is 0.337. The third kappa shape index (κ3) is 6.06. The van der Waals surface area contributed by atoms with Gasteiger partial charge in [-0.1, -0.05) is 104 Å². The first-order valence-corrected chi connectivity index (χ1v) is 12.6. The van der Waals surface area contributed by atoms with Crippen LogP contribution in [0, 0.1) is 0 Å². The van der Waals surface area contributed by atoms with E-state index >= 15 is 0 Å². The van der Waals surface area contributed by atoms with E-state index in [1.54, 1.807) is 0 Å². The molecule has 0 radical (unpaired) electrons. The number of nitrogens with zero attached hydrogens (tertiary/aromatic N) is 2. The maximum atomic E-state index is 13.9. The van der Waals surface area contributed by atoms with Gasteiger partial charge in [0, 0.05) is 18.9 Å². The van der Waals surface area contributed by atoms with Crippen molar-refractivity contribution in [1.82, 2.24) is 9.55 Å². The van der Waals surface area contributed by atoms with Gasteiger partial charge in [-0.05, 0) is 23.1 Å². The minimum absolute atomic E-state index is 0.0157. The van der Waals surface area contributed by atoms with E-state index in [1.807, 2.05) is 97.9 Å². The van der Waals surface area contributed by atoms with Crippen LogP contribution in [0.1, 0.15) is 48.8 Å². The van der Waals surface area contributed by atoms with Gasteiger partial charge in [-0.2, -0.15) is 0 Å². The molecule has 1 amide bonds. The Balaban J connectivity index is 1.74. The van der Waals surface area contributed by atoms with Crippen molar-refractivity contribution < 1.29 is 4.79 Å². The summed E-state index contributed by atoms with van der Waals surface area (Å²) in [5.74, 6) is -0.444. The number of carbonyl (C=O) groups excluding carboxylic acids is 1. The summed E-state index contributed by atoms with van der Waals surface area (Å²) < 4.78 is 1.31. The maximum absolute atomic E-state index is 13.9. The molecule has 1 heterocycles. The highest BCUT2D eigenvalue weighted by Gasteiger charge is 2.27. The number of nitrogens with one attached hydrogen (secondary N) is 1. The Labute approximate surface area is 216 Å². The minimum atomic E-state index is -0.660. The fraction of sp³-hybridized carbons (Fsp3) is 0.233. The minimum Gasteiger partial charge on any atom is -0.383 e. The van der Waals surface area contributed by atoms with E-state index < -0.39 is 11.2 Å². The van der Waals surface area contributed by atoms with Gasteiger partial charge in [-0.25, -0.2) is 4.79 Å². The van der Waals surface area contributed by atoms with Crippen molar-refractivity contribution in [2.24, 2.45) is 0 Å². The fourth-order valence-corrected chi connectivity index (χ4v) is 4.52. The Morgan fingerprint density at radius 1 is 0.892 bits per heavy atom. The number of nitrogen functional groups attached to an aromatic ring is 1. The number of unbranched alkanes of at least 4 members (excludes halogenated alkanes) is 1. The zero-order valence-corrected chi connectivity index (χ0v) is 21.0. The van der Waals surface area contributed by atoms with E-state index in [1.165, 1.54) is 9.47 Å². The van der Waals surface area contributed by atoms with E-state index in [2.05, 4.69) is 4.98 Å². The van der Waals surface area contributed by atoms with Crippen LogP contribution in [-0.4, -0.2) is 22.0 Å². The molecule has 7 heteroatoms. The molecule has 7 nitrogen and oxygen atoms in total. The molecule has 3 aromatic carbocycles. The first-order valence-electron chi connectivity index (χ1n) is 12.6. The van der Waals surface area contributed by atoms with Crippen molar-refractivity contribution in [2.45, 2.75) is 38.6 Å². The van der Waals surface area contributed by atoms with Gasteiger partial charge in [0.1, 0.15) is 5.82 Å². The lowest BCUT2D eigenvalue weighted by molar-refractivity contribution is -0.118. The second-order valence-electron chi connectivity index (χ2n) is 9.04. The first kappa shape index (κ1) is 25.7. The second-order valence-corrected chi connectivity index (χ2v) is 9.04. The zero-order valence-electron chi connectivity index (χ0n) is 21.0. The van der Waals surface area contributed by atoms with Gasteiger partial charge >= 0.3 is 5.69 Å². The van der Waals surface area contributed by atoms with Crippen LogP contribution in [0.4, 0.5) is 11.5 Å². The van der Waals surface area contributed by atoms with Crippen LogP contribution in [0.25, 0.3) is 0 Å². The Hall–Kier alpha value is -4.39. The van der Waals surface area contributed by atoms with Crippen molar-refractivity contribution in [3.63, 3.8) is 0 Å². The van der Waals surface area contributed by atoms with Crippen molar-refractivity contribution >= 4 is 17.4 Å². The van der Waals surface area contributed by atoms with Gasteiger partial charge in [0.05, 0.1) is 6.54 Å². The number of anilines is 2. The summed E-state index contributed by atoms with van der Waals surface area (Å²) >= 11 is 0. The molecule has 4 rings (SSSR count). The normalized spacial score (nSPS) is 11.0. The number of aromatic amines is 1. The van der Waals surface area contributed by atoms with Crippen LogP contribution in [0.3, 0.4) is 0 Å². The molecular formula is C30H32N4O3. The average Bonchev–Trinajstić information content (AvgIpc) is 2.93. The fourth-order valence-electron chi connectivity index (χ4n) is 4.52. The number of nitrogens with two attached hydrogens (primary N) is 1. The molecule has 0 saturated heterocycles. The summed E-state index contributed by atoms with van der Waals surface area (Å²) in [5.41, 5.74) is 8.07. The van der Waals surface area contributed by atoms with Crippen molar-refractivity contribution in [2.75, 3.05) is 17.2 Å². The largest absolute Gasteiger partial charge is 0.383 e. The number of rotatable bonds is 10. The van der Waals surface area contributed by atoms with Gasteiger partial charge in [-0.3, -0.25) is 19.1 Å². The van der Waals surface area contributed by atoms with Crippen molar-refractivity contribution in [3.05, 3.63) is 129 Å². The SMILES string of the molecule is CCCCN(C(=O)CC(c1ccccc1)c1ccccc1)c1c(N)n(Cc2ccccc2)c(=O)[nH]c1=O. The molecule has 0 aliphatic rings. The highest BCUT2D eigenvalue weighted by atomic mass is 16.2. The lowest BCUT2D eigenvalue weighted by atomic mass is 9.88. The van der Waals surface area contributed by atoms with E-state index in [-0.39, 0.29) is 36.3 Å². The van der Waals surface area contributed by atoms with Crippen LogP contribution in [-0.2, 0) is 11.3 Å². The molecule has 0 saturated carbocycles. The van der Waals surface area contributed by atoms with Gasteiger partial charge in [0.25, 0.3) is 5.56 Å². The van der Waals surface area contributed by atoms with Crippen LogP contribution in [0.2, 0.25) is 0 Å². The lowest BCUT2D eigenvalue weighted by Crippen LogP contribution is -2.42. The summed E-state index contributed by atoms with van der Waals surface area (Å²) in [6.45, 7) is 2.52. The van der Waals surface area contributed by atoms with E-state index in [0.29, 0.717) is 13.0 Å². The van der Waals surface area contributed by atoms with E-state index in [4.69, 9.17) is 5.73 Å². The molecule has 0 spiro atoms. The molecular weight excluding hydrogens is 464 g/mol. The number of hydrogen-bond donors (Lipinski definition) is 2. The van der Waals surface area contributed by atoms with E-state index in [0.717, 1.165) is 23.1 Å². The van der Waals surface area contributed by atoms with Gasteiger partial charge in [0.2, 0.25) is 5.91 Å². The number of H-pyrrole nitrogens is 1. The summed E-state index contributed by atoms with van der Waals surface area (Å²) in [6.07, 6.45) is 1.66. The first-order chi connectivity index (χ1) is 18.0. The molecule has 0 fully saturated rings. The van der Waals surface area contributed by atoms with Crippen LogP contribution >= 0.6 is 0 Å². The summed E-state index contributed by atoms with van der Waals surface area (Å²) in [6, 6.07) is 29.1. The molecule has 0 unspecified atom stereocenters. The molecule has 0 aliphatic heterocycles. The molecule has 0 atom stereocenters. The summed E-state index contributed by atoms with van der Waals surface area (Å²) in [5, 5.41) is 0. The van der Waals surface area contributed by atoms with Crippen LogP contribution in [0.5, 0.6) is 0 Å². The summed E-state index contributed by atoms with van der Waals surface area (Å²) in [7, 11) is 0. The number of aromatic nitrogens is 2. The Bertz CT molecular complexity index is 1390. The van der Waals surface area contributed by atoms with E-state index in [9.17, 15) is 14.4 Å². The predicted octanol–water partition coefficient (Wildman–Crippen LogP) is 4.52. The second kappa shape index (κ2) is 12.0. The maximum Gasteiger partial charge on any atom is 0.330 e. The van der Waals surface area contributed by atoms with Gasteiger partial charge in [-0.15, -0.1) is 0 Å². The predicted molar refractivity (Wildman–Crippen MR) is 148 cm³/mol. The number of carbonyl (C=O) groups is 1. The van der Waals surface area contributed by atoms with Crippen LogP contribution < -0.4 is 21.9 Å². The molecule has 37 heavy (non-hydrogen) atoms. The Morgan fingerprint density at radius 2 is 1.43 bits per heavy atom. The van der Waals surface area contributed by atoms with Gasteiger partial charge in [0.15, 0.2) is 5.69 Å². The highest BCUT2D eigenvalue weighted by Crippen LogP contribution is 2.30. The summed E-state index contributed by atoms with van der Waals surface area (Å²) in [4.78, 5) is 43.5. The number of benzene rings is 3. The highest BCUT2D eigenvalue weighted by molar-refractivity contribution is 5.96. The van der Waals surface area contributed by atoms with Crippen molar-refractivity contribution in [3.8, 4) is 0 Å². The molecule has 1 aromatic heterocycles. The lowest BCUT2D eigenvalue weighted by Gasteiger charge is -2.27. The Kier molecular flexibility index (Phi) is 8.36. The zero-order chi connectivity index (χ0) is 26.2. The molecule has 0 bridgehead atoms. The molecule has 4 aromatic rings. The monoisotopic (exact) mass is 496 g/mol. The standard InChI is InChI=1S/C30H32N4O3/c1-2-3-19-33(26(35)20-25(23-15-9-5-10-16-23)24-17-11-6-12-18-24)27-28(31)34(30(37)32-29(27)36)21-22-13-7-4-8-14-22/h4-18,25H,2-3,19-21,31H2,1H3,(H,32,36,37). The average molecular weight is 497 g/mol. The molecule has 0 aliphatic carbocycles. The smallest absolute Gasteiger partial charge is 0.330 e. The van der Waals surface area contributed by atoms with Gasteiger partial charge < -0.3 is 10.6 Å². The molecule has 190 valence electrons. The van der Waals surface area contributed by atoms with Crippen molar-refractivity contribution in [1.29, 1.82) is 0 Å². The number of amides is 1. The Morgan fingerprint density at radius 3 is 1.97 bits per heavy atom.